The lowest BCUT2D eigenvalue weighted by atomic mass is 9.96. The van der Waals surface area contributed by atoms with Gasteiger partial charge in [-0.2, -0.15) is 17.5 Å². The average molecular weight is 346 g/mol. The van der Waals surface area contributed by atoms with E-state index in [4.69, 9.17) is 4.74 Å². The number of pyridine rings is 1. The van der Waals surface area contributed by atoms with Gasteiger partial charge in [-0.25, -0.2) is 9.97 Å². The van der Waals surface area contributed by atoms with Gasteiger partial charge in [0.15, 0.2) is 0 Å². The minimum absolute atomic E-state index is 0.114. The Morgan fingerprint density at radius 1 is 1.22 bits per heavy atom. The van der Waals surface area contributed by atoms with Crippen LogP contribution < -0.4 is 10.1 Å². The SMILES string of the molecule is CC(C)(C)c1nsc(NCCOc2ccc(C(F)(F)F)cn2)n1. The molecule has 0 amide bonds. The maximum Gasteiger partial charge on any atom is 0.417 e. The van der Waals surface area contributed by atoms with Gasteiger partial charge in [0.05, 0.1) is 12.1 Å². The largest absolute Gasteiger partial charge is 0.476 e. The molecule has 0 aliphatic rings. The number of nitrogens with one attached hydrogen (secondary N) is 1. The molecule has 1 N–H and O–H groups in total. The first-order valence-electron chi connectivity index (χ1n) is 6.90. The minimum Gasteiger partial charge on any atom is -0.476 e. The molecule has 0 aliphatic heterocycles. The highest BCUT2D eigenvalue weighted by Crippen LogP contribution is 2.29. The Morgan fingerprint density at radius 3 is 2.48 bits per heavy atom. The molecule has 0 spiro atoms. The molecule has 0 aromatic carbocycles. The van der Waals surface area contributed by atoms with Crippen molar-refractivity contribution >= 4 is 16.7 Å². The number of ether oxygens (including phenoxy) is 1. The van der Waals surface area contributed by atoms with Crippen LogP contribution in [0, 0.1) is 0 Å². The summed E-state index contributed by atoms with van der Waals surface area (Å²) in [5.74, 6) is 0.905. The van der Waals surface area contributed by atoms with Crippen LogP contribution in [0.5, 0.6) is 5.88 Å². The summed E-state index contributed by atoms with van der Waals surface area (Å²) in [4.78, 5) is 8.00. The predicted octanol–water partition coefficient (Wildman–Crippen LogP) is 3.74. The van der Waals surface area contributed by atoms with E-state index in [1.807, 2.05) is 20.8 Å². The number of nitrogens with zero attached hydrogens (tertiary/aromatic N) is 3. The molecule has 0 aliphatic carbocycles. The van der Waals surface area contributed by atoms with E-state index in [0.29, 0.717) is 11.7 Å². The summed E-state index contributed by atoms with van der Waals surface area (Å²) in [5.41, 5.74) is -0.914. The zero-order valence-corrected chi connectivity index (χ0v) is 13.8. The summed E-state index contributed by atoms with van der Waals surface area (Å²) in [6, 6.07) is 2.14. The van der Waals surface area contributed by atoms with Crippen molar-refractivity contribution in [2.45, 2.75) is 32.4 Å². The lowest BCUT2D eigenvalue weighted by Crippen LogP contribution is -2.14. The molecule has 5 nitrogen and oxygen atoms in total. The highest BCUT2D eigenvalue weighted by molar-refractivity contribution is 7.09. The van der Waals surface area contributed by atoms with Gasteiger partial charge in [-0.1, -0.05) is 20.8 Å². The van der Waals surface area contributed by atoms with Crippen molar-refractivity contribution in [3.63, 3.8) is 0 Å². The van der Waals surface area contributed by atoms with Gasteiger partial charge in [0.1, 0.15) is 12.4 Å². The fraction of sp³-hybridized carbons (Fsp3) is 0.500. The van der Waals surface area contributed by atoms with E-state index in [1.165, 1.54) is 17.6 Å². The molecule has 2 aromatic rings. The summed E-state index contributed by atoms with van der Waals surface area (Å²) < 4.78 is 46.7. The Bertz CT molecular complexity index is 635. The van der Waals surface area contributed by atoms with Crippen LogP contribution in [0.3, 0.4) is 0 Å². The number of rotatable bonds is 5. The fourth-order valence-electron chi connectivity index (χ4n) is 1.55. The predicted molar refractivity (Wildman–Crippen MR) is 81.8 cm³/mol. The molecule has 0 radical (unpaired) electrons. The highest BCUT2D eigenvalue weighted by Gasteiger charge is 2.30. The van der Waals surface area contributed by atoms with Crippen LogP contribution in [0.4, 0.5) is 18.3 Å². The minimum atomic E-state index is -4.39. The molecule has 9 heteroatoms. The Balaban J connectivity index is 1.78. The molecule has 0 atom stereocenters. The summed E-state index contributed by atoms with van der Waals surface area (Å²) in [6.45, 7) is 6.78. The van der Waals surface area contributed by atoms with E-state index < -0.39 is 11.7 Å². The zero-order chi connectivity index (χ0) is 17.1. The van der Waals surface area contributed by atoms with E-state index in [2.05, 4.69) is 19.7 Å². The molecule has 2 rings (SSSR count). The zero-order valence-electron chi connectivity index (χ0n) is 12.9. The van der Waals surface area contributed by atoms with Gasteiger partial charge in [-0.15, -0.1) is 0 Å². The van der Waals surface area contributed by atoms with Crippen LogP contribution in [0.1, 0.15) is 32.2 Å². The first kappa shape index (κ1) is 17.5. The second-order valence-corrected chi connectivity index (χ2v) is 6.58. The molecule has 0 fully saturated rings. The molecule has 2 aromatic heterocycles. The van der Waals surface area contributed by atoms with Gasteiger partial charge in [0.25, 0.3) is 0 Å². The van der Waals surface area contributed by atoms with E-state index in [-0.39, 0.29) is 17.9 Å². The lowest BCUT2D eigenvalue weighted by molar-refractivity contribution is -0.137. The van der Waals surface area contributed by atoms with Crippen LogP contribution >= 0.6 is 11.5 Å². The van der Waals surface area contributed by atoms with Crippen molar-refractivity contribution in [2.24, 2.45) is 0 Å². The second kappa shape index (κ2) is 6.69. The summed E-state index contributed by atoms with van der Waals surface area (Å²) in [5, 5.41) is 3.73. The quantitative estimate of drug-likeness (QED) is 0.836. The van der Waals surface area contributed by atoms with Gasteiger partial charge in [-0.3, -0.25) is 0 Å². The molecule has 0 unspecified atom stereocenters. The van der Waals surface area contributed by atoms with Gasteiger partial charge in [0.2, 0.25) is 11.0 Å². The summed E-state index contributed by atoms with van der Waals surface area (Å²) in [6.07, 6.45) is -3.64. The molecule has 2 heterocycles. The smallest absolute Gasteiger partial charge is 0.417 e. The van der Waals surface area contributed by atoms with E-state index in [0.717, 1.165) is 18.1 Å². The van der Waals surface area contributed by atoms with Gasteiger partial charge in [0, 0.05) is 29.2 Å². The molecular formula is C14H17F3N4OS. The van der Waals surface area contributed by atoms with Crippen LogP contribution in [-0.2, 0) is 11.6 Å². The Labute approximate surface area is 136 Å². The van der Waals surface area contributed by atoms with Crippen molar-refractivity contribution in [3.8, 4) is 5.88 Å². The third-order valence-electron chi connectivity index (χ3n) is 2.79. The van der Waals surface area contributed by atoms with Crippen molar-refractivity contribution in [2.75, 3.05) is 18.5 Å². The number of anilines is 1. The van der Waals surface area contributed by atoms with Crippen molar-refractivity contribution < 1.29 is 17.9 Å². The molecule has 126 valence electrons. The fourth-order valence-corrected chi connectivity index (χ4v) is 2.33. The highest BCUT2D eigenvalue weighted by atomic mass is 32.1. The average Bonchev–Trinajstić information content (AvgIpc) is 2.92. The van der Waals surface area contributed by atoms with Gasteiger partial charge in [-0.05, 0) is 6.07 Å². The number of hydrogen-bond acceptors (Lipinski definition) is 6. The standard InChI is InChI=1S/C14H17F3N4OS/c1-13(2,3)11-20-12(23-21-11)18-6-7-22-10-5-4-9(8-19-10)14(15,16)17/h4-5,8H,6-7H2,1-3H3,(H,18,20,21). The molecule has 0 saturated heterocycles. The Hall–Kier alpha value is -1.90. The van der Waals surface area contributed by atoms with E-state index >= 15 is 0 Å². The van der Waals surface area contributed by atoms with Gasteiger partial charge >= 0.3 is 6.18 Å². The van der Waals surface area contributed by atoms with E-state index in [9.17, 15) is 13.2 Å². The summed E-state index contributed by atoms with van der Waals surface area (Å²) in [7, 11) is 0. The molecular weight excluding hydrogens is 329 g/mol. The molecule has 0 saturated carbocycles. The van der Waals surface area contributed by atoms with Crippen LogP contribution in [0.2, 0.25) is 0 Å². The van der Waals surface area contributed by atoms with Crippen molar-refractivity contribution in [3.05, 3.63) is 29.7 Å². The topological polar surface area (TPSA) is 59.9 Å². The number of alkyl halides is 3. The van der Waals surface area contributed by atoms with E-state index in [1.54, 1.807) is 0 Å². The maximum atomic E-state index is 12.4. The number of aromatic nitrogens is 3. The Kier molecular flexibility index (Phi) is 5.08. The van der Waals surface area contributed by atoms with Crippen LogP contribution in [0.15, 0.2) is 18.3 Å². The summed E-state index contributed by atoms with van der Waals surface area (Å²) >= 11 is 1.26. The lowest BCUT2D eigenvalue weighted by Gasteiger charge is -2.12. The molecule has 23 heavy (non-hydrogen) atoms. The van der Waals surface area contributed by atoms with Crippen LogP contribution in [0.25, 0.3) is 0 Å². The van der Waals surface area contributed by atoms with Crippen LogP contribution in [-0.4, -0.2) is 27.5 Å². The van der Waals surface area contributed by atoms with Gasteiger partial charge < -0.3 is 10.1 Å². The third kappa shape index (κ3) is 5.05. The number of hydrogen-bond donors (Lipinski definition) is 1. The monoisotopic (exact) mass is 346 g/mol. The molecule has 0 bridgehead atoms. The Morgan fingerprint density at radius 2 is 1.96 bits per heavy atom. The number of halogens is 3. The van der Waals surface area contributed by atoms with Crippen molar-refractivity contribution in [1.29, 1.82) is 0 Å². The maximum absolute atomic E-state index is 12.4. The third-order valence-corrected chi connectivity index (χ3v) is 3.46. The second-order valence-electron chi connectivity index (χ2n) is 5.83. The normalized spacial score (nSPS) is 12.3. The first-order chi connectivity index (χ1) is 10.7. The first-order valence-corrected chi connectivity index (χ1v) is 7.68. The van der Waals surface area contributed by atoms with Crippen molar-refractivity contribution in [1.82, 2.24) is 14.3 Å².